The van der Waals surface area contributed by atoms with Gasteiger partial charge in [-0.25, -0.2) is 0 Å². The molecule has 0 saturated carbocycles. The van der Waals surface area contributed by atoms with Gasteiger partial charge in [0, 0.05) is 18.1 Å². The molecule has 1 aromatic rings. The Kier molecular flexibility index (Phi) is 7.46. The van der Waals surface area contributed by atoms with Gasteiger partial charge in [0.1, 0.15) is 10.1 Å². The SMILES string of the molecule is CCCCOc1ccccc1/C=C1\SC(=S)N(CCCC(=O)[O-])C1=O. The zero-order chi connectivity index (χ0) is 18.2. The molecule has 1 aromatic carbocycles. The highest BCUT2D eigenvalue weighted by Gasteiger charge is 2.31. The van der Waals surface area contributed by atoms with Gasteiger partial charge in [0.15, 0.2) is 0 Å². The number of unbranched alkanes of at least 4 members (excludes halogenated alkanes) is 1. The number of aliphatic carboxylic acids is 1. The molecule has 0 atom stereocenters. The molecule has 0 aromatic heterocycles. The van der Waals surface area contributed by atoms with E-state index in [-0.39, 0.29) is 18.9 Å². The van der Waals surface area contributed by atoms with Gasteiger partial charge in [-0.1, -0.05) is 55.5 Å². The van der Waals surface area contributed by atoms with Crippen molar-refractivity contribution in [2.45, 2.75) is 32.6 Å². The Morgan fingerprint density at radius 3 is 2.84 bits per heavy atom. The molecule has 2 rings (SSSR count). The van der Waals surface area contributed by atoms with Gasteiger partial charge in [-0.2, -0.15) is 0 Å². The van der Waals surface area contributed by atoms with Crippen LogP contribution in [0.1, 0.15) is 38.2 Å². The van der Waals surface area contributed by atoms with Gasteiger partial charge in [-0.3, -0.25) is 9.69 Å². The monoisotopic (exact) mass is 378 g/mol. The maximum Gasteiger partial charge on any atom is 0.266 e. The normalized spacial score (nSPS) is 15.9. The van der Waals surface area contributed by atoms with Crippen molar-refractivity contribution in [3.05, 3.63) is 34.7 Å². The third kappa shape index (κ3) is 5.57. The van der Waals surface area contributed by atoms with Gasteiger partial charge in [-0.05, 0) is 31.4 Å². The number of para-hydroxylation sites is 1. The van der Waals surface area contributed by atoms with E-state index in [2.05, 4.69) is 6.92 Å². The van der Waals surface area contributed by atoms with Crippen LogP contribution in [0.4, 0.5) is 0 Å². The first-order valence-electron chi connectivity index (χ1n) is 8.20. The van der Waals surface area contributed by atoms with Crippen LogP contribution in [0.5, 0.6) is 5.75 Å². The fraction of sp³-hybridized carbons (Fsp3) is 0.389. The fourth-order valence-corrected chi connectivity index (χ4v) is 3.57. The zero-order valence-electron chi connectivity index (χ0n) is 14.0. The van der Waals surface area contributed by atoms with Crippen LogP contribution in [0.25, 0.3) is 6.08 Å². The number of benzene rings is 1. The number of carbonyl (C=O) groups excluding carboxylic acids is 2. The molecule has 7 heteroatoms. The second kappa shape index (κ2) is 9.58. The topological polar surface area (TPSA) is 69.7 Å². The Morgan fingerprint density at radius 1 is 1.36 bits per heavy atom. The third-order valence-electron chi connectivity index (χ3n) is 3.60. The summed E-state index contributed by atoms with van der Waals surface area (Å²) in [4.78, 5) is 25.0. The minimum atomic E-state index is -1.13. The van der Waals surface area contributed by atoms with Crippen molar-refractivity contribution in [1.29, 1.82) is 0 Å². The van der Waals surface area contributed by atoms with E-state index >= 15 is 0 Å². The summed E-state index contributed by atoms with van der Waals surface area (Å²) in [5.41, 5.74) is 0.828. The predicted octanol–water partition coefficient (Wildman–Crippen LogP) is 2.60. The summed E-state index contributed by atoms with van der Waals surface area (Å²) in [6.45, 7) is 3.01. The van der Waals surface area contributed by atoms with E-state index < -0.39 is 5.97 Å². The lowest BCUT2D eigenvalue weighted by Gasteiger charge is -2.14. The van der Waals surface area contributed by atoms with Crippen molar-refractivity contribution in [2.75, 3.05) is 13.2 Å². The van der Waals surface area contributed by atoms with Gasteiger partial charge in [-0.15, -0.1) is 0 Å². The van der Waals surface area contributed by atoms with Crippen molar-refractivity contribution >= 4 is 46.3 Å². The molecule has 0 unspecified atom stereocenters. The number of thiocarbonyl (C=S) groups is 1. The summed E-state index contributed by atoms with van der Waals surface area (Å²) < 4.78 is 6.23. The van der Waals surface area contributed by atoms with Crippen LogP contribution >= 0.6 is 24.0 Å². The second-order valence-electron chi connectivity index (χ2n) is 5.55. The molecule has 1 saturated heterocycles. The molecular formula is C18H20NO4S2-. The summed E-state index contributed by atoms with van der Waals surface area (Å²) in [7, 11) is 0. The number of amides is 1. The first-order valence-corrected chi connectivity index (χ1v) is 9.42. The van der Waals surface area contributed by atoms with Crippen LogP contribution in [0.3, 0.4) is 0 Å². The first kappa shape index (κ1) is 19.5. The van der Waals surface area contributed by atoms with Gasteiger partial charge >= 0.3 is 0 Å². The first-order chi connectivity index (χ1) is 12.0. The van der Waals surface area contributed by atoms with E-state index in [1.165, 1.54) is 16.7 Å². The van der Waals surface area contributed by atoms with Gasteiger partial charge in [0.25, 0.3) is 5.91 Å². The average molecular weight is 378 g/mol. The van der Waals surface area contributed by atoms with E-state index in [0.717, 1.165) is 24.2 Å². The second-order valence-corrected chi connectivity index (χ2v) is 7.22. The summed E-state index contributed by atoms with van der Waals surface area (Å²) in [6, 6.07) is 7.55. The molecule has 1 aliphatic rings. The Labute approximate surface area is 157 Å². The van der Waals surface area contributed by atoms with Crippen molar-refractivity contribution in [3.63, 3.8) is 0 Å². The number of hydrogen-bond donors (Lipinski definition) is 0. The number of carbonyl (C=O) groups is 2. The van der Waals surface area contributed by atoms with Crippen LogP contribution < -0.4 is 9.84 Å². The quantitative estimate of drug-likeness (QED) is 0.374. The number of thioether (sulfide) groups is 1. The van der Waals surface area contributed by atoms with Crippen molar-refractivity contribution in [1.82, 2.24) is 4.90 Å². The molecule has 25 heavy (non-hydrogen) atoms. The van der Waals surface area contributed by atoms with Crippen LogP contribution in [-0.2, 0) is 9.59 Å². The number of nitrogens with zero attached hydrogens (tertiary/aromatic N) is 1. The molecule has 0 N–H and O–H groups in total. The smallest absolute Gasteiger partial charge is 0.266 e. The summed E-state index contributed by atoms with van der Waals surface area (Å²) in [5, 5.41) is 10.5. The largest absolute Gasteiger partial charge is 0.550 e. The third-order valence-corrected chi connectivity index (χ3v) is 4.98. The van der Waals surface area contributed by atoms with Gasteiger partial charge in [0.05, 0.1) is 11.5 Å². The molecule has 1 aliphatic heterocycles. The van der Waals surface area contributed by atoms with E-state index in [0.29, 0.717) is 22.3 Å². The Morgan fingerprint density at radius 2 is 2.12 bits per heavy atom. The molecule has 5 nitrogen and oxygen atoms in total. The van der Waals surface area contributed by atoms with E-state index in [1.807, 2.05) is 24.3 Å². The van der Waals surface area contributed by atoms with Crippen molar-refractivity contribution in [3.8, 4) is 5.75 Å². The molecule has 1 heterocycles. The van der Waals surface area contributed by atoms with Crippen LogP contribution in [0.15, 0.2) is 29.2 Å². The number of carboxylic acids is 1. The molecule has 0 aliphatic carbocycles. The Hall–Kier alpha value is -1.86. The predicted molar refractivity (Wildman–Crippen MR) is 101 cm³/mol. The maximum absolute atomic E-state index is 12.5. The van der Waals surface area contributed by atoms with E-state index in [9.17, 15) is 14.7 Å². The van der Waals surface area contributed by atoms with Crippen LogP contribution in [-0.4, -0.2) is 34.2 Å². The van der Waals surface area contributed by atoms with Crippen molar-refractivity contribution in [2.24, 2.45) is 0 Å². The van der Waals surface area contributed by atoms with Gasteiger partial charge in [0.2, 0.25) is 0 Å². The van der Waals surface area contributed by atoms with E-state index in [4.69, 9.17) is 17.0 Å². The highest BCUT2D eigenvalue weighted by Crippen LogP contribution is 2.34. The van der Waals surface area contributed by atoms with Gasteiger partial charge < -0.3 is 14.6 Å². The fourth-order valence-electron chi connectivity index (χ4n) is 2.27. The minimum Gasteiger partial charge on any atom is -0.550 e. The lowest BCUT2D eigenvalue weighted by atomic mass is 10.2. The Balaban J connectivity index is 2.09. The highest BCUT2D eigenvalue weighted by molar-refractivity contribution is 8.26. The molecule has 0 bridgehead atoms. The summed E-state index contributed by atoms with van der Waals surface area (Å²) in [5.74, 6) is -0.589. The number of rotatable bonds is 9. The van der Waals surface area contributed by atoms with Crippen molar-refractivity contribution < 1.29 is 19.4 Å². The average Bonchev–Trinajstić information content (AvgIpc) is 2.84. The molecule has 1 amide bonds. The maximum atomic E-state index is 12.5. The number of hydrogen-bond acceptors (Lipinski definition) is 6. The minimum absolute atomic E-state index is 0.0930. The zero-order valence-corrected chi connectivity index (χ0v) is 15.7. The summed E-state index contributed by atoms with van der Waals surface area (Å²) in [6.07, 6.45) is 4.02. The molecule has 0 radical (unpaired) electrons. The lowest BCUT2D eigenvalue weighted by Crippen LogP contribution is -2.30. The number of carboxylic acid groups (broad SMARTS) is 1. The molecule has 134 valence electrons. The van der Waals surface area contributed by atoms with Crippen LogP contribution in [0.2, 0.25) is 0 Å². The summed E-state index contributed by atoms with van der Waals surface area (Å²) >= 11 is 6.46. The lowest BCUT2D eigenvalue weighted by molar-refractivity contribution is -0.305. The van der Waals surface area contributed by atoms with Crippen LogP contribution in [0, 0.1) is 0 Å². The number of ether oxygens (including phenoxy) is 1. The Bertz CT molecular complexity index is 687. The standard InChI is InChI=1S/C18H21NO4S2/c1-2-3-11-23-14-8-5-4-7-13(14)12-15-17(22)19(18(24)25-15)10-6-9-16(20)21/h4-5,7-8,12H,2-3,6,9-11H2,1H3,(H,20,21)/p-1/b15-12-. The molecule has 1 fully saturated rings. The molecular weight excluding hydrogens is 358 g/mol. The van der Waals surface area contributed by atoms with E-state index in [1.54, 1.807) is 6.08 Å². The molecule has 0 spiro atoms. The highest BCUT2D eigenvalue weighted by atomic mass is 32.2.